The first-order chi connectivity index (χ1) is 14.9. The monoisotopic (exact) mass is 433 g/mol. The third-order valence-electron chi connectivity index (χ3n) is 5.75. The molecule has 8 heteroatoms. The van der Waals surface area contributed by atoms with Crippen LogP contribution in [0.25, 0.3) is 11.0 Å². The molecule has 166 valence electrons. The highest BCUT2D eigenvalue weighted by atomic mass is 19.4. The second-order valence-corrected chi connectivity index (χ2v) is 7.82. The third-order valence-corrected chi connectivity index (χ3v) is 5.75. The lowest BCUT2D eigenvalue weighted by Crippen LogP contribution is -2.32. The van der Waals surface area contributed by atoms with Gasteiger partial charge in [-0.2, -0.15) is 13.2 Å². The summed E-state index contributed by atoms with van der Waals surface area (Å²) in [6.07, 6.45) is -2.55. The predicted molar refractivity (Wildman–Crippen MR) is 113 cm³/mol. The number of piperidine rings is 1. The molecular weight excluding hydrogens is 407 g/mol. The number of nitrogens with one attached hydrogen (secondary N) is 1. The number of nitrogens with zero attached hydrogens (tertiary/aromatic N) is 2. The number of H-pyrrole nitrogens is 1. The van der Waals surface area contributed by atoms with Gasteiger partial charge in [0.25, 0.3) is 0 Å². The van der Waals surface area contributed by atoms with Gasteiger partial charge in [0.2, 0.25) is 0 Å². The van der Waals surface area contributed by atoms with Crippen LogP contribution in [0, 0.1) is 0 Å². The SMILES string of the molecule is CCOc1cc(CN2CCC(c3cc4nc(C(F)(F)F)ccc4[nH]3)CC2)ccc1OC. The molecule has 0 amide bonds. The van der Waals surface area contributed by atoms with E-state index in [1.54, 1.807) is 13.2 Å². The lowest BCUT2D eigenvalue weighted by molar-refractivity contribution is -0.140. The molecule has 0 radical (unpaired) electrons. The molecule has 31 heavy (non-hydrogen) atoms. The highest BCUT2D eigenvalue weighted by Gasteiger charge is 2.32. The van der Waals surface area contributed by atoms with Gasteiger partial charge in [-0.1, -0.05) is 6.07 Å². The molecule has 2 aromatic heterocycles. The lowest BCUT2D eigenvalue weighted by Gasteiger charge is -2.31. The number of rotatable bonds is 6. The molecule has 0 saturated carbocycles. The highest BCUT2D eigenvalue weighted by Crippen LogP contribution is 2.33. The Morgan fingerprint density at radius 3 is 2.55 bits per heavy atom. The zero-order valence-corrected chi connectivity index (χ0v) is 17.6. The molecule has 1 aliphatic heterocycles. The molecule has 0 aliphatic carbocycles. The maximum atomic E-state index is 12.9. The molecule has 1 fully saturated rings. The number of likely N-dealkylation sites (tertiary alicyclic amines) is 1. The summed E-state index contributed by atoms with van der Waals surface area (Å²) in [7, 11) is 1.63. The quantitative estimate of drug-likeness (QED) is 0.568. The minimum absolute atomic E-state index is 0.287. The van der Waals surface area contributed by atoms with Gasteiger partial charge < -0.3 is 14.5 Å². The molecule has 5 nitrogen and oxygen atoms in total. The molecule has 3 heterocycles. The summed E-state index contributed by atoms with van der Waals surface area (Å²) in [6.45, 7) is 5.17. The van der Waals surface area contributed by atoms with Crippen molar-refractivity contribution in [2.24, 2.45) is 0 Å². The number of hydrogen-bond donors (Lipinski definition) is 1. The second-order valence-electron chi connectivity index (χ2n) is 7.82. The van der Waals surface area contributed by atoms with E-state index in [9.17, 15) is 13.2 Å². The Bertz CT molecular complexity index is 1040. The smallest absolute Gasteiger partial charge is 0.433 e. The maximum Gasteiger partial charge on any atom is 0.433 e. The molecule has 0 bridgehead atoms. The Morgan fingerprint density at radius 1 is 1.10 bits per heavy atom. The molecule has 0 atom stereocenters. The molecule has 1 N–H and O–H groups in total. The largest absolute Gasteiger partial charge is 0.493 e. The summed E-state index contributed by atoms with van der Waals surface area (Å²) in [5.41, 5.74) is 2.29. The maximum absolute atomic E-state index is 12.9. The molecule has 0 spiro atoms. The highest BCUT2D eigenvalue weighted by molar-refractivity contribution is 5.76. The first-order valence-electron chi connectivity index (χ1n) is 10.5. The molecule has 4 rings (SSSR count). The van der Waals surface area contributed by atoms with Gasteiger partial charge >= 0.3 is 6.18 Å². The van der Waals surface area contributed by atoms with Crippen LogP contribution in [0.5, 0.6) is 11.5 Å². The van der Waals surface area contributed by atoms with Gasteiger partial charge in [-0.15, -0.1) is 0 Å². The predicted octanol–water partition coefficient (Wildman–Crippen LogP) is 5.37. The van der Waals surface area contributed by atoms with Crippen molar-refractivity contribution >= 4 is 11.0 Å². The lowest BCUT2D eigenvalue weighted by atomic mass is 9.93. The molecule has 1 saturated heterocycles. The summed E-state index contributed by atoms with van der Waals surface area (Å²) in [5.74, 6) is 1.77. The van der Waals surface area contributed by atoms with Gasteiger partial charge in [0.1, 0.15) is 5.69 Å². The van der Waals surface area contributed by atoms with Crippen molar-refractivity contribution in [2.45, 2.75) is 38.4 Å². The fourth-order valence-electron chi connectivity index (χ4n) is 4.16. The molecule has 3 aromatic rings. The molecule has 1 aliphatic rings. The Kier molecular flexibility index (Phi) is 6.09. The van der Waals surface area contributed by atoms with E-state index in [4.69, 9.17) is 9.47 Å². The van der Waals surface area contributed by atoms with Crippen molar-refractivity contribution in [1.82, 2.24) is 14.9 Å². The summed E-state index contributed by atoms with van der Waals surface area (Å²) >= 11 is 0. The number of pyridine rings is 1. The number of fused-ring (bicyclic) bond motifs is 1. The van der Waals surface area contributed by atoms with Gasteiger partial charge in [0, 0.05) is 18.2 Å². The van der Waals surface area contributed by atoms with Gasteiger partial charge in [0.05, 0.1) is 24.8 Å². The van der Waals surface area contributed by atoms with E-state index in [1.165, 1.54) is 6.07 Å². The van der Waals surface area contributed by atoms with Crippen LogP contribution in [0.4, 0.5) is 13.2 Å². The van der Waals surface area contributed by atoms with E-state index >= 15 is 0 Å². The topological polar surface area (TPSA) is 50.4 Å². The molecule has 0 unspecified atom stereocenters. The van der Waals surface area contributed by atoms with Gasteiger partial charge in [-0.05, 0) is 68.8 Å². The van der Waals surface area contributed by atoms with E-state index in [-0.39, 0.29) is 5.92 Å². The minimum Gasteiger partial charge on any atom is -0.493 e. The van der Waals surface area contributed by atoms with Gasteiger partial charge in [0.15, 0.2) is 11.5 Å². The van der Waals surface area contributed by atoms with E-state index in [1.807, 2.05) is 19.1 Å². The van der Waals surface area contributed by atoms with Crippen LogP contribution in [0.15, 0.2) is 36.4 Å². The van der Waals surface area contributed by atoms with Crippen LogP contribution in [0.1, 0.15) is 42.6 Å². The van der Waals surface area contributed by atoms with Crippen LogP contribution < -0.4 is 9.47 Å². The summed E-state index contributed by atoms with van der Waals surface area (Å²) < 4.78 is 49.8. The van der Waals surface area contributed by atoms with Crippen molar-refractivity contribution in [2.75, 3.05) is 26.8 Å². The number of methoxy groups -OCH3 is 1. The normalized spacial score (nSPS) is 16.0. The number of ether oxygens (including phenoxy) is 2. The number of alkyl halides is 3. The van der Waals surface area contributed by atoms with Crippen molar-refractivity contribution in [3.05, 3.63) is 53.3 Å². The third kappa shape index (κ3) is 4.79. The number of halogens is 3. The van der Waals surface area contributed by atoms with Crippen LogP contribution in [-0.4, -0.2) is 41.7 Å². The first kappa shape index (κ1) is 21.5. The number of hydrogen-bond acceptors (Lipinski definition) is 4. The average molecular weight is 433 g/mol. The van der Waals surface area contributed by atoms with Crippen LogP contribution in [0.2, 0.25) is 0 Å². The van der Waals surface area contributed by atoms with Gasteiger partial charge in [-0.25, -0.2) is 4.98 Å². The second kappa shape index (κ2) is 8.78. The van der Waals surface area contributed by atoms with E-state index in [0.29, 0.717) is 17.6 Å². The number of aromatic nitrogens is 2. The van der Waals surface area contributed by atoms with Crippen molar-refractivity contribution < 1.29 is 22.6 Å². The summed E-state index contributed by atoms with van der Waals surface area (Å²) in [4.78, 5) is 9.43. The number of aromatic amines is 1. The van der Waals surface area contributed by atoms with Crippen molar-refractivity contribution in [1.29, 1.82) is 0 Å². The zero-order valence-electron chi connectivity index (χ0n) is 17.6. The Balaban J connectivity index is 1.40. The van der Waals surface area contributed by atoms with Crippen LogP contribution in [-0.2, 0) is 12.7 Å². The molecule has 1 aromatic carbocycles. The summed E-state index contributed by atoms with van der Waals surface area (Å²) in [5, 5.41) is 0. The first-order valence-corrected chi connectivity index (χ1v) is 10.5. The fourth-order valence-corrected chi connectivity index (χ4v) is 4.16. The van der Waals surface area contributed by atoms with Crippen LogP contribution >= 0.6 is 0 Å². The van der Waals surface area contributed by atoms with E-state index in [2.05, 4.69) is 20.9 Å². The Hall–Kier alpha value is -2.74. The standard InChI is InChI=1S/C23H26F3N3O2/c1-3-31-21-12-15(4-6-20(21)30-2)14-29-10-8-16(9-11-29)18-13-19-17(27-18)5-7-22(28-19)23(24,25)26/h4-7,12-13,16,27H,3,8-11,14H2,1-2H3. The zero-order chi connectivity index (χ0) is 22.0. The Morgan fingerprint density at radius 2 is 1.87 bits per heavy atom. The summed E-state index contributed by atoms with van der Waals surface area (Å²) in [6, 6.07) is 10.3. The number of benzene rings is 1. The van der Waals surface area contributed by atoms with E-state index < -0.39 is 11.9 Å². The average Bonchev–Trinajstić information content (AvgIpc) is 3.18. The Labute approximate surface area is 179 Å². The minimum atomic E-state index is -4.43. The van der Waals surface area contributed by atoms with Gasteiger partial charge in [-0.3, -0.25) is 4.90 Å². The van der Waals surface area contributed by atoms with Crippen molar-refractivity contribution in [3.63, 3.8) is 0 Å². The fraction of sp³-hybridized carbons (Fsp3) is 0.435. The van der Waals surface area contributed by atoms with Crippen LogP contribution in [0.3, 0.4) is 0 Å². The molecular formula is C23H26F3N3O2. The van der Waals surface area contributed by atoms with Crippen molar-refractivity contribution in [3.8, 4) is 11.5 Å². The van der Waals surface area contributed by atoms with E-state index in [0.717, 1.165) is 61.3 Å².